The molecule has 0 saturated carbocycles. The number of allylic oxidation sites excluding steroid dienone is 9. The zero-order valence-electron chi connectivity index (χ0n) is 29.2. The molecule has 254 valence electrons. The number of hydrogen-bond acceptors (Lipinski definition) is 9. The Labute approximate surface area is 277 Å². The standard InChI is InChI=1S/C38H48O9/c1-36(2,3)45-33(42)19-23-10-13-26(30(39)16-23)22-29(27-14-11-24(17-31(27)40)20-34(43)46-37(4,5)6)28-15-12-25(18-32(28)41)21-35(44)47-38(7,8)9/h10-15,29H,16-22H2,1-9H3. The van der Waals surface area contributed by atoms with E-state index >= 15 is 0 Å². The molecule has 0 bridgehead atoms. The molecule has 0 heterocycles. The number of carbonyl (C=O) groups excluding carboxylic acids is 6. The maximum absolute atomic E-state index is 13.6. The van der Waals surface area contributed by atoms with Crippen molar-refractivity contribution in [3.05, 3.63) is 69.9 Å². The Hall–Kier alpha value is -4.14. The van der Waals surface area contributed by atoms with Crippen LogP contribution in [0.2, 0.25) is 0 Å². The van der Waals surface area contributed by atoms with Crippen LogP contribution in [0.1, 0.15) is 107 Å². The van der Waals surface area contributed by atoms with Crippen molar-refractivity contribution < 1.29 is 43.0 Å². The van der Waals surface area contributed by atoms with E-state index in [1.807, 2.05) is 0 Å². The van der Waals surface area contributed by atoms with E-state index in [-0.39, 0.29) is 62.3 Å². The fourth-order valence-corrected chi connectivity index (χ4v) is 5.49. The normalized spacial score (nSPS) is 17.6. The van der Waals surface area contributed by atoms with Crippen molar-refractivity contribution >= 4 is 35.3 Å². The van der Waals surface area contributed by atoms with E-state index in [1.165, 1.54) is 0 Å². The first-order chi connectivity index (χ1) is 21.6. The third-order valence-electron chi connectivity index (χ3n) is 7.23. The summed E-state index contributed by atoms with van der Waals surface area (Å²) in [6.45, 7) is 16.0. The molecule has 0 N–H and O–H groups in total. The van der Waals surface area contributed by atoms with E-state index < -0.39 is 40.6 Å². The number of Topliss-reactive ketones (excluding diaryl/α,β-unsaturated/α-hetero) is 3. The van der Waals surface area contributed by atoms with Crippen molar-refractivity contribution in [3.63, 3.8) is 0 Å². The van der Waals surface area contributed by atoms with Gasteiger partial charge in [-0.05, 0) is 74.3 Å². The first-order valence-electron chi connectivity index (χ1n) is 16.0. The molecular weight excluding hydrogens is 600 g/mol. The van der Waals surface area contributed by atoms with Gasteiger partial charge in [0.15, 0.2) is 17.3 Å². The molecule has 0 amide bonds. The average molecular weight is 649 g/mol. The quantitative estimate of drug-likeness (QED) is 0.188. The van der Waals surface area contributed by atoms with Gasteiger partial charge in [0.2, 0.25) is 0 Å². The van der Waals surface area contributed by atoms with Crippen molar-refractivity contribution in [1.82, 2.24) is 0 Å². The SMILES string of the molecule is CC(C)(C)OC(=O)CC1=CC=C(CC(C2=CC=C(CC(=O)OC(C)(C)C)CC2=O)C2=CC=C(CC(=O)OC(C)(C)C)CC2=O)C(=O)C1. The molecule has 0 spiro atoms. The summed E-state index contributed by atoms with van der Waals surface area (Å²) >= 11 is 0. The van der Waals surface area contributed by atoms with Gasteiger partial charge >= 0.3 is 17.9 Å². The molecule has 47 heavy (non-hydrogen) atoms. The number of ether oxygens (including phenoxy) is 3. The van der Waals surface area contributed by atoms with Crippen molar-refractivity contribution in [2.24, 2.45) is 5.92 Å². The molecule has 0 unspecified atom stereocenters. The van der Waals surface area contributed by atoms with Crippen LogP contribution in [0.25, 0.3) is 0 Å². The predicted octanol–water partition coefficient (Wildman–Crippen LogP) is 6.66. The van der Waals surface area contributed by atoms with Gasteiger partial charge in [-0.15, -0.1) is 0 Å². The summed E-state index contributed by atoms with van der Waals surface area (Å²) < 4.78 is 16.2. The van der Waals surface area contributed by atoms with Crippen LogP contribution < -0.4 is 0 Å². The average Bonchev–Trinajstić information content (AvgIpc) is 2.86. The van der Waals surface area contributed by atoms with Gasteiger partial charge in [0.05, 0.1) is 19.3 Å². The third kappa shape index (κ3) is 12.2. The van der Waals surface area contributed by atoms with Gasteiger partial charge in [0, 0.05) is 36.3 Å². The number of rotatable bonds is 10. The molecule has 3 rings (SSSR count). The van der Waals surface area contributed by atoms with Crippen molar-refractivity contribution in [2.75, 3.05) is 0 Å². The highest BCUT2D eigenvalue weighted by Crippen LogP contribution is 2.37. The van der Waals surface area contributed by atoms with Crippen LogP contribution in [0.4, 0.5) is 0 Å². The summed E-state index contributed by atoms with van der Waals surface area (Å²) in [5.41, 5.74) is 0.995. The molecule has 3 aliphatic carbocycles. The maximum Gasteiger partial charge on any atom is 0.310 e. The van der Waals surface area contributed by atoms with Crippen LogP contribution in [0, 0.1) is 5.92 Å². The highest BCUT2D eigenvalue weighted by molar-refractivity contribution is 6.06. The Morgan fingerprint density at radius 2 is 0.851 bits per heavy atom. The fraction of sp³-hybridized carbons (Fsp3) is 0.526. The Kier molecular flexibility index (Phi) is 11.7. The van der Waals surface area contributed by atoms with Crippen LogP contribution >= 0.6 is 0 Å². The summed E-state index contributed by atoms with van der Waals surface area (Å²) in [7, 11) is 0. The van der Waals surface area contributed by atoms with Crippen LogP contribution in [0.5, 0.6) is 0 Å². The largest absolute Gasteiger partial charge is 0.460 e. The van der Waals surface area contributed by atoms with Crippen LogP contribution in [0.3, 0.4) is 0 Å². The monoisotopic (exact) mass is 648 g/mol. The fourth-order valence-electron chi connectivity index (χ4n) is 5.49. The van der Waals surface area contributed by atoms with E-state index in [4.69, 9.17) is 14.2 Å². The molecule has 0 aliphatic heterocycles. The molecule has 0 saturated heterocycles. The molecule has 0 fully saturated rings. The molecule has 0 aromatic rings. The Balaban J connectivity index is 1.93. The van der Waals surface area contributed by atoms with Gasteiger partial charge in [-0.25, -0.2) is 0 Å². The van der Waals surface area contributed by atoms with E-state index in [0.29, 0.717) is 33.4 Å². The lowest BCUT2D eigenvalue weighted by Gasteiger charge is -2.28. The molecule has 9 nitrogen and oxygen atoms in total. The van der Waals surface area contributed by atoms with E-state index in [1.54, 1.807) is 98.8 Å². The second-order valence-corrected chi connectivity index (χ2v) is 15.3. The molecule has 0 atom stereocenters. The third-order valence-corrected chi connectivity index (χ3v) is 7.23. The summed E-state index contributed by atoms with van der Waals surface area (Å²) in [6.07, 6.45) is 10.0. The Bertz CT molecular complexity index is 1440. The molecular formula is C38H48O9. The summed E-state index contributed by atoms with van der Waals surface area (Å²) in [6, 6.07) is 0. The molecule has 9 heteroatoms. The van der Waals surface area contributed by atoms with Gasteiger partial charge in [-0.3, -0.25) is 28.8 Å². The number of esters is 3. The maximum atomic E-state index is 13.6. The minimum absolute atomic E-state index is 0.0140. The first-order valence-corrected chi connectivity index (χ1v) is 16.0. The van der Waals surface area contributed by atoms with Gasteiger partial charge in [0.25, 0.3) is 0 Å². The molecule has 0 aromatic carbocycles. The first kappa shape index (κ1) is 37.3. The Morgan fingerprint density at radius 1 is 0.532 bits per heavy atom. The van der Waals surface area contributed by atoms with E-state index in [9.17, 15) is 28.8 Å². The van der Waals surface area contributed by atoms with Crippen molar-refractivity contribution in [3.8, 4) is 0 Å². The van der Waals surface area contributed by atoms with E-state index in [2.05, 4.69) is 0 Å². The number of hydrogen-bond donors (Lipinski definition) is 0. The topological polar surface area (TPSA) is 130 Å². The minimum atomic E-state index is -0.732. The predicted molar refractivity (Wildman–Crippen MR) is 177 cm³/mol. The summed E-state index contributed by atoms with van der Waals surface area (Å²) in [5, 5.41) is 0. The molecule has 3 aliphatic rings. The van der Waals surface area contributed by atoms with Crippen LogP contribution in [-0.2, 0) is 43.0 Å². The highest BCUT2D eigenvalue weighted by Gasteiger charge is 2.34. The van der Waals surface area contributed by atoms with Crippen molar-refractivity contribution in [2.45, 2.75) is 124 Å². The highest BCUT2D eigenvalue weighted by atomic mass is 16.6. The van der Waals surface area contributed by atoms with Gasteiger partial charge < -0.3 is 14.2 Å². The van der Waals surface area contributed by atoms with Gasteiger partial charge in [-0.2, -0.15) is 0 Å². The second kappa shape index (κ2) is 14.7. The lowest BCUT2D eigenvalue weighted by Crippen LogP contribution is -2.27. The zero-order valence-corrected chi connectivity index (χ0v) is 29.2. The van der Waals surface area contributed by atoms with Crippen LogP contribution in [-0.4, -0.2) is 52.1 Å². The summed E-state index contributed by atoms with van der Waals surface area (Å²) in [4.78, 5) is 77.6. The van der Waals surface area contributed by atoms with Crippen LogP contribution in [0.15, 0.2) is 69.9 Å². The lowest BCUT2D eigenvalue weighted by molar-refractivity contribution is -0.155. The van der Waals surface area contributed by atoms with Gasteiger partial charge in [0.1, 0.15) is 16.8 Å². The molecule has 0 radical (unpaired) electrons. The Morgan fingerprint density at radius 3 is 1.15 bits per heavy atom. The second-order valence-electron chi connectivity index (χ2n) is 15.3. The summed E-state index contributed by atoms with van der Waals surface area (Å²) in [5.74, 6) is -2.74. The minimum Gasteiger partial charge on any atom is -0.460 e. The lowest BCUT2D eigenvalue weighted by atomic mass is 9.75. The number of ketones is 3. The number of carbonyl (C=O) groups is 6. The van der Waals surface area contributed by atoms with Gasteiger partial charge in [-0.1, -0.05) is 53.2 Å². The van der Waals surface area contributed by atoms with Crippen molar-refractivity contribution in [1.29, 1.82) is 0 Å². The smallest absolute Gasteiger partial charge is 0.310 e. The zero-order chi connectivity index (χ0) is 35.3. The molecule has 0 aromatic heterocycles. The van der Waals surface area contributed by atoms with E-state index in [0.717, 1.165) is 0 Å².